The van der Waals surface area contributed by atoms with Crippen molar-refractivity contribution in [1.29, 1.82) is 0 Å². The van der Waals surface area contributed by atoms with Crippen molar-refractivity contribution in [3.63, 3.8) is 0 Å². The molecule has 1 aliphatic carbocycles. The molecular formula is C8H8ClNOS. The molecule has 1 aliphatic rings. The molecule has 0 N–H and O–H groups in total. The Labute approximate surface area is 79.6 Å². The first kappa shape index (κ1) is 8.20. The molecule has 0 radical (unpaired) electrons. The molecule has 64 valence electrons. The van der Waals surface area contributed by atoms with Crippen LogP contribution in [0.3, 0.4) is 0 Å². The van der Waals surface area contributed by atoms with Gasteiger partial charge in [-0.1, -0.05) is 0 Å². The second-order valence-corrected chi connectivity index (χ2v) is 4.54. The number of nitrogens with zero attached hydrogens (tertiary/aromatic N) is 1. The lowest BCUT2D eigenvalue weighted by Gasteiger charge is -1.91. The van der Waals surface area contributed by atoms with Crippen LogP contribution in [0.2, 0.25) is 0 Å². The number of carbonyl (C=O) groups excluding carboxylic acids is 1. The summed E-state index contributed by atoms with van der Waals surface area (Å²) in [5, 5.41) is 0.573. The van der Waals surface area contributed by atoms with Crippen molar-refractivity contribution >= 4 is 28.2 Å². The lowest BCUT2D eigenvalue weighted by atomic mass is 10.3. The minimum atomic E-state index is -0.359. The van der Waals surface area contributed by atoms with Gasteiger partial charge in [-0.15, -0.1) is 11.3 Å². The Morgan fingerprint density at radius 1 is 1.67 bits per heavy atom. The highest BCUT2D eigenvalue weighted by Gasteiger charge is 2.30. The van der Waals surface area contributed by atoms with Crippen molar-refractivity contribution in [3.05, 3.63) is 15.6 Å². The van der Waals surface area contributed by atoms with Crippen LogP contribution in [0, 0.1) is 6.92 Å². The fraction of sp³-hybridized carbons (Fsp3) is 0.500. The monoisotopic (exact) mass is 201 g/mol. The average molecular weight is 202 g/mol. The molecule has 1 saturated carbocycles. The van der Waals surface area contributed by atoms with Crippen LogP contribution in [0.1, 0.15) is 39.1 Å². The largest absolute Gasteiger partial charge is 0.275 e. The summed E-state index contributed by atoms with van der Waals surface area (Å²) in [7, 11) is 0. The standard InChI is InChI=1S/C8H8ClNOS/c1-4-10-6(5-2-3-5)7(12-4)8(9)11/h5H,2-3H2,1H3. The lowest BCUT2D eigenvalue weighted by molar-refractivity contribution is 0.108. The third kappa shape index (κ3) is 1.39. The van der Waals surface area contributed by atoms with Crippen molar-refractivity contribution in [2.75, 3.05) is 0 Å². The van der Waals surface area contributed by atoms with Gasteiger partial charge in [-0.25, -0.2) is 4.98 Å². The van der Waals surface area contributed by atoms with Gasteiger partial charge >= 0.3 is 0 Å². The number of hydrogen-bond acceptors (Lipinski definition) is 3. The summed E-state index contributed by atoms with van der Waals surface area (Å²) in [4.78, 5) is 15.9. The number of aromatic nitrogens is 1. The van der Waals surface area contributed by atoms with Gasteiger partial charge in [0.2, 0.25) is 0 Å². The van der Waals surface area contributed by atoms with Crippen molar-refractivity contribution < 1.29 is 4.79 Å². The Morgan fingerprint density at radius 2 is 2.33 bits per heavy atom. The number of thiazole rings is 1. The van der Waals surface area contributed by atoms with E-state index < -0.39 is 0 Å². The predicted octanol–water partition coefficient (Wildman–Crippen LogP) is 2.71. The van der Waals surface area contributed by atoms with E-state index in [-0.39, 0.29) is 5.24 Å². The number of hydrogen-bond donors (Lipinski definition) is 0. The third-order valence-electron chi connectivity index (χ3n) is 1.90. The van der Waals surface area contributed by atoms with E-state index in [4.69, 9.17) is 11.6 Å². The summed E-state index contributed by atoms with van der Waals surface area (Å²) >= 11 is 6.82. The van der Waals surface area contributed by atoms with Gasteiger partial charge in [-0.2, -0.15) is 0 Å². The Morgan fingerprint density at radius 3 is 2.83 bits per heavy atom. The number of halogens is 1. The molecule has 0 unspecified atom stereocenters. The van der Waals surface area contributed by atoms with E-state index in [1.54, 1.807) is 0 Å². The van der Waals surface area contributed by atoms with E-state index in [9.17, 15) is 4.79 Å². The summed E-state index contributed by atoms with van der Waals surface area (Å²) in [6, 6.07) is 0. The highest BCUT2D eigenvalue weighted by Crippen LogP contribution is 2.42. The Balaban J connectivity index is 2.43. The molecule has 12 heavy (non-hydrogen) atoms. The van der Waals surface area contributed by atoms with E-state index in [1.807, 2.05) is 6.92 Å². The predicted molar refractivity (Wildman–Crippen MR) is 49.0 cm³/mol. The molecule has 1 aromatic heterocycles. The normalized spacial score (nSPS) is 16.5. The van der Waals surface area contributed by atoms with Crippen LogP contribution >= 0.6 is 22.9 Å². The second kappa shape index (κ2) is 2.82. The first-order valence-corrected chi connectivity index (χ1v) is 5.05. The van der Waals surface area contributed by atoms with Gasteiger partial charge in [0.15, 0.2) is 0 Å². The van der Waals surface area contributed by atoms with Gasteiger partial charge < -0.3 is 0 Å². The smallest absolute Gasteiger partial charge is 0.264 e. The molecule has 0 aliphatic heterocycles. The maximum absolute atomic E-state index is 10.9. The van der Waals surface area contributed by atoms with Crippen molar-refractivity contribution in [1.82, 2.24) is 4.98 Å². The Bertz CT molecular complexity index is 330. The number of carbonyl (C=O) groups is 1. The highest BCUT2D eigenvalue weighted by atomic mass is 35.5. The van der Waals surface area contributed by atoms with E-state index in [0.29, 0.717) is 10.8 Å². The maximum atomic E-state index is 10.9. The molecule has 0 saturated heterocycles. The van der Waals surface area contributed by atoms with Gasteiger partial charge in [-0.05, 0) is 31.4 Å². The molecule has 2 nitrogen and oxygen atoms in total. The molecule has 1 aromatic rings. The summed E-state index contributed by atoms with van der Waals surface area (Å²) in [6.07, 6.45) is 2.31. The lowest BCUT2D eigenvalue weighted by Crippen LogP contribution is -1.90. The molecule has 1 heterocycles. The minimum Gasteiger partial charge on any atom is -0.275 e. The van der Waals surface area contributed by atoms with Gasteiger partial charge in [0.1, 0.15) is 4.88 Å². The molecule has 0 atom stereocenters. The van der Waals surface area contributed by atoms with Crippen LogP contribution in [0.4, 0.5) is 0 Å². The summed E-state index contributed by atoms with van der Waals surface area (Å²) in [5.41, 5.74) is 0.928. The van der Waals surface area contributed by atoms with Crippen molar-refractivity contribution in [3.8, 4) is 0 Å². The van der Waals surface area contributed by atoms with Gasteiger partial charge in [0.05, 0.1) is 10.7 Å². The molecule has 4 heteroatoms. The molecule has 0 bridgehead atoms. The molecule has 0 aromatic carbocycles. The zero-order chi connectivity index (χ0) is 8.72. The van der Waals surface area contributed by atoms with Crippen LogP contribution in [-0.2, 0) is 0 Å². The summed E-state index contributed by atoms with van der Waals surface area (Å²) in [5.74, 6) is 0.507. The van der Waals surface area contributed by atoms with Gasteiger partial charge in [-0.3, -0.25) is 4.79 Å². The summed E-state index contributed by atoms with van der Waals surface area (Å²) in [6.45, 7) is 1.90. The van der Waals surface area contributed by atoms with E-state index in [2.05, 4.69) is 4.98 Å². The molecular weight excluding hydrogens is 194 g/mol. The van der Waals surface area contributed by atoms with Crippen LogP contribution < -0.4 is 0 Å². The third-order valence-corrected chi connectivity index (χ3v) is 3.19. The molecule has 1 fully saturated rings. The topological polar surface area (TPSA) is 30.0 Å². The van der Waals surface area contributed by atoms with Crippen LogP contribution in [0.5, 0.6) is 0 Å². The molecule has 0 amide bonds. The summed E-state index contributed by atoms with van der Waals surface area (Å²) < 4.78 is 0. The van der Waals surface area contributed by atoms with Crippen LogP contribution in [0.15, 0.2) is 0 Å². The first-order chi connectivity index (χ1) is 5.68. The quantitative estimate of drug-likeness (QED) is 0.689. The fourth-order valence-electron chi connectivity index (χ4n) is 1.22. The van der Waals surface area contributed by atoms with Gasteiger partial charge in [0, 0.05) is 5.92 Å². The van der Waals surface area contributed by atoms with Crippen LogP contribution in [0.25, 0.3) is 0 Å². The van der Waals surface area contributed by atoms with Crippen molar-refractivity contribution in [2.45, 2.75) is 25.7 Å². The van der Waals surface area contributed by atoms with Gasteiger partial charge in [0.25, 0.3) is 5.24 Å². The maximum Gasteiger partial charge on any atom is 0.264 e. The molecule has 0 spiro atoms. The number of rotatable bonds is 2. The van der Waals surface area contributed by atoms with E-state index in [0.717, 1.165) is 23.5 Å². The Kier molecular flexibility index (Phi) is 1.93. The minimum absolute atomic E-state index is 0.359. The van der Waals surface area contributed by atoms with Crippen molar-refractivity contribution in [2.24, 2.45) is 0 Å². The second-order valence-electron chi connectivity index (χ2n) is 3.00. The highest BCUT2D eigenvalue weighted by molar-refractivity contribution is 7.15. The zero-order valence-electron chi connectivity index (χ0n) is 6.63. The fourth-order valence-corrected chi connectivity index (χ4v) is 2.27. The van der Waals surface area contributed by atoms with Crippen LogP contribution in [-0.4, -0.2) is 10.2 Å². The molecule has 2 rings (SSSR count). The Hall–Kier alpha value is -0.410. The van der Waals surface area contributed by atoms with E-state index in [1.165, 1.54) is 11.3 Å². The first-order valence-electron chi connectivity index (χ1n) is 3.85. The zero-order valence-corrected chi connectivity index (χ0v) is 8.21. The number of aryl methyl sites for hydroxylation is 1. The van der Waals surface area contributed by atoms with E-state index >= 15 is 0 Å². The SMILES string of the molecule is Cc1nc(C2CC2)c(C(=O)Cl)s1. The average Bonchev–Trinajstić information content (AvgIpc) is 2.75.